The van der Waals surface area contributed by atoms with E-state index in [2.05, 4.69) is 21.4 Å². The van der Waals surface area contributed by atoms with Crippen molar-refractivity contribution in [1.82, 2.24) is 5.16 Å². The fourth-order valence-electron chi connectivity index (χ4n) is 3.25. The van der Waals surface area contributed by atoms with E-state index in [1.807, 2.05) is 42.5 Å². The van der Waals surface area contributed by atoms with Crippen molar-refractivity contribution in [3.05, 3.63) is 60.3 Å². The lowest BCUT2D eigenvalue weighted by molar-refractivity contribution is 0.101. The summed E-state index contributed by atoms with van der Waals surface area (Å²) in [4.78, 5) is 14.9. The number of benzene rings is 2. The first-order valence-corrected chi connectivity index (χ1v) is 9.00. The molecule has 1 saturated heterocycles. The Balaban J connectivity index is 1.49. The minimum Gasteiger partial charge on any atom is -0.497 e. The Morgan fingerprint density at radius 2 is 1.93 bits per heavy atom. The number of nitrogens with one attached hydrogen (secondary N) is 1. The van der Waals surface area contributed by atoms with Crippen LogP contribution in [0.3, 0.4) is 0 Å². The van der Waals surface area contributed by atoms with Crippen molar-refractivity contribution < 1.29 is 14.1 Å². The molecule has 3 aromatic rings. The zero-order valence-corrected chi connectivity index (χ0v) is 15.1. The molecule has 2 aromatic carbocycles. The molecule has 6 nitrogen and oxygen atoms in total. The normalized spacial score (nSPS) is 13.6. The molecule has 0 radical (unpaired) electrons. The molecule has 0 bridgehead atoms. The van der Waals surface area contributed by atoms with Gasteiger partial charge in [0.25, 0.3) is 5.91 Å². The highest BCUT2D eigenvalue weighted by molar-refractivity contribution is 6.03. The van der Waals surface area contributed by atoms with Crippen molar-refractivity contribution in [2.45, 2.75) is 12.8 Å². The van der Waals surface area contributed by atoms with Gasteiger partial charge in [-0.25, -0.2) is 0 Å². The topological polar surface area (TPSA) is 67.6 Å². The van der Waals surface area contributed by atoms with E-state index in [1.165, 1.54) is 12.8 Å². The summed E-state index contributed by atoms with van der Waals surface area (Å²) < 4.78 is 10.6. The maximum atomic E-state index is 12.5. The zero-order chi connectivity index (χ0) is 18.6. The SMILES string of the molecule is COc1cccc(-c2cc(C(=O)Nc3cccc(N4CCCC4)c3)no2)c1. The van der Waals surface area contributed by atoms with Crippen molar-refractivity contribution in [2.24, 2.45) is 0 Å². The average Bonchev–Trinajstić information content (AvgIpc) is 3.40. The summed E-state index contributed by atoms with van der Waals surface area (Å²) in [5, 5.41) is 6.80. The van der Waals surface area contributed by atoms with Gasteiger partial charge in [-0.1, -0.05) is 23.4 Å². The molecule has 1 aliphatic heterocycles. The molecule has 1 fully saturated rings. The highest BCUT2D eigenvalue weighted by Crippen LogP contribution is 2.26. The van der Waals surface area contributed by atoms with Crippen molar-refractivity contribution in [3.63, 3.8) is 0 Å². The lowest BCUT2D eigenvalue weighted by Gasteiger charge is -2.18. The molecule has 4 rings (SSSR count). The lowest BCUT2D eigenvalue weighted by atomic mass is 10.1. The Morgan fingerprint density at radius 1 is 1.11 bits per heavy atom. The smallest absolute Gasteiger partial charge is 0.277 e. The van der Waals surface area contributed by atoms with E-state index in [0.717, 1.165) is 30.0 Å². The Hall–Kier alpha value is -3.28. The van der Waals surface area contributed by atoms with Crippen LogP contribution in [-0.4, -0.2) is 31.3 Å². The summed E-state index contributed by atoms with van der Waals surface area (Å²) in [7, 11) is 1.61. The van der Waals surface area contributed by atoms with Gasteiger partial charge in [-0.15, -0.1) is 0 Å². The van der Waals surface area contributed by atoms with Gasteiger partial charge in [0.2, 0.25) is 0 Å². The van der Waals surface area contributed by atoms with Crippen LogP contribution in [0.4, 0.5) is 11.4 Å². The largest absolute Gasteiger partial charge is 0.497 e. The Kier molecular flexibility index (Phi) is 4.78. The van der Waals surface area contributed by atoms with Gasteiger partial charge in [0.05, 0.1) is 7.11 Å². The number of anilines is 2. The highest BCUT2D eigenvalue weighted by atomic mass is 16.5. The first-order valence-electron chi connectivity index (χ1n) is 9.00. The number of ether oxygens (including phenoxy) is 1. The maximum absolute atomic E-state index is 12.5. The van der Waals surface area contributed by atoms with Crippen molar-refractivity contribution in [1.29, 1.82) is 0 Å². The molecule has 1 aliphatic rings. The zero-order valence-electron chi connectivity index (χ0n) is 15.1. The Bertz CT molecular complexity index is 945. The number of amides is 1. The molecule has 0 spiro atoms. The molecule has 0 saturated carbocycles. The van der Waals surface area contributed by atoms with Crippen LogP contribution in [0.5, 0.6) is 5.75 Å². The predicted molar refractivity (Wildman–Crippen MR) is 104 cm³/mol. The number of hydrogen-bond donors (Lipinski definition) is 1. The number of methoxy groups -OCH3 is 1. The minimum atomic E-state index is -0.300. The van der Waals surface area contributed by atoms with E-state index >= 15 is 0 Å². The third-order valence-electron chi connectivity index (χ3n) is 4.67. The van der Waals surface area contributed by atoms with Crippen LogP contribution in [0.25, 0.3) is 11.3 Å². The van der Waals surface area contributed by atoms with E-state index in [9.17, 15) is 4.79 Å². The Labute approximate surface area is 157 Å². The summed E-state index contributed by atoms with van der Waals surface area (Å²) >= 11 is 0. The number of carbonyl (C=O) groups excluding carboxylic acids is 1. The quantitative estimate of drug-likeness (QED) is 0.736. The number of aromatic nitrogens is 1. The number of rotatable bonds is 5. The van der Waals surface area contributed by atoms with Gasteiger partial charge in [-0.3, -0.25) is 4.79 Å². The average molecular weight is 363 g/mol. The van der Waals surface area contributed by atoms with Crippen LogP contribution in [0.1, 0.15) is 23.3 Å². The van der Waals surface area contributed by atoms with Crippen molar-refractivity contribution in [2.75, 3.05) is 30.4 Å². The van der Waals surface area contributed by atoms with E-state index in [1.54, 1.807) is 13.2 Å². The highest BCUT2D eigenvalue weighted by Gasteiger charge is 2.16. The van der Waals surface area contributed by atoms with Gasteiger partial charge < -0.3 is 19.5 Å². The van der Waals surface area contributed by atoms with Crippen LogP contribution in [0.15, 0.2) is 59.1 Å². The molecule has 0 unspecified atom stereocenters. The van der Waals surface area contributed by atoms with Gasteiger partial charge >= 0.3 is 0 Å². The van der Waals surface area contributed by atoms with Gasteiger partial charge in [-0.05, 0) is 43.2 Å². The molecule has 0 atom stereocenters. The standard InChI is InChI=1S/C21H21N3O3/c1-26-18-9-4-6-15(12-18)20-14-19(23-27-20)21(25)22-16-7-5-8-17(13-16)24-10-2-3-11-24/h4-9,12-14H,2-3,10-11H2,1H3,(H,22,25). The second-order valence-corrected chi connectivity index (χ2v) is 6.51. The molecular formula is C21H21N3O3. The van der Waals surface area contributed by atoms with Gasteiger partial charge in [0.1, 0.15) is 5.75 Å². The third kappa shape index (κ3) is 3.79. The molecule has 27 heavy (non-hydrogen) atoms. The fourth-order valence-corrected chi connectivity index (χ4v) is 3.25. The number of carbonyl (C=O) groups is 1. The molecule has 1 amide bonds. The fraction of sp³-hybridized carbons (Fsp3) is 0.238. The van der Waals surface area contributed by atoms with Crippen LogP contribution in [0.2, 0.25) is 0 Å². The van der Waals surface area contributed by atoms with Crippen LogP contribution in [0, 0.1) is 0 Å². The van der Waals surface area contributed by atoms with E-state index in [-0.39, 0.29) is 11.6 Å². The number of nitrogens with zero attached hydrogens (tertiary/aromatic N) is 2. The first-order chi connectivity index (χ1) is 13.2. The van der Waals surface area contributed by atoms with Crippen LogP contribution < -0.4 is 15.0 Å². The second kappa shape index (κ2) is 7.53. The summed E-state index contributed by atoms with van der Waals surface area (Å²) in [5.74, 6) is 0.935. The summed E-state index contributed by atoms with van der Waals surface area (Å²) in [6.07, 6.45) is 2.42. The van der Waals surface area contributed by atoms with Gasteiger partial charge in [-0.2, -0.15) is 0 Å². The van der Waals surface area contributed by atoms with Crippen LogP contribution in [-0.2, 0) is 0 Å². The lowest BCUT2D eigenvalue weighted by Crippen LogP contribution is -2.18. The molecule has 6 heteroatoms. The van der Waals surface area contributed by atoms with E-state index in [0.29, 0.717) is 11.5 Å². The Morgan fingerprint density at radius 3 is 2.74 bits per heavy atom. The summed E-state index contributed by atoms with van der Waals surface area (Å²) in [6, 6.07) is 16.9. The summed E-state index contributed by atoms with van der Waals surface area (Å²) in [5.41, 5.74) is 2.91. The van der Waals surface area contributed by atoms with E-state index in [4.69, 9.17) is 9.26 Å². The third-order valence-corrected chi connectivity index (χ3v) is 4.67. The van der Waals surface area contributed by atoms with Gasteiger partial charge in [0.15, 0.2) is 11.5 Å². The predicted octanol–water partition coefficient (Wildman–Crippen LogP) is 4.20. The first kappa shape index (κ1) is 17.1. The molecule has 1 N–H and O–H groups in total. The van der Waals surface area contributed by atoms with Crippen molar-refractivity contribution in [3.8, 4) is 17.1 Å². The van der Waals surface area contributed by atoms with Crippen LogP contribution >= 0.6 is 0 Å². The maximum Gasteiger partial charge on any atom is 0.277 e. The van der Waals surface area contributed by atoms with Gasteiger partial charge in [0, 0.05) is 36.1 Å². The second-order valence-electron chi connectivity index (χ2n) is 6.51. The molecule has 2 heterocycles. The monoisotopic (exact) mass is 363 g/mol. The summed E-state index contributed by atoms with van der Waals surface area (Å²) in [6.45, 7) is 2.12. The molecule has 138 valence electrons. The van der Waals surface area contributed by atoms with E-state index < -0.39 is 0 Å². The minimum absolute atomic E-state index is 0.236. The van der Waals surface area contributed by atoms with Crippen molar-refractivity contribution >= 4 is 17.3 Å². The molecular weight excluding hydrogens is 342 g/mol. The molecule has 0 aliphatic carbocycles. The number of hydrogen-bond acceptors (Lipinski definition) is 5. The molecule has 1 aromatic heterocycles.